The van der Waals surface area contributed by atoms with E-state index in [4.69, 9.17) is 0 Å². The van der Waals surface area contributed by atoms with Crippen molar-refractivity contribution in [2.75, 3.05) is 81.1 Å². The number of amides is 5. The fourth-order valence-corrected chi connectivity index (χ4v) is 12.7. The van der Waals surface area contributed by atoms with E-state index < -0.39 is 64.1 Å². The molecule has 3 fully saturated rings. The second-order valence-corrected chi connectivity index (χ2v) is 25.5. The van der Waals surface area contributed by atoms with Crippen LogP contribution in [0.5, 0.6) is 0 Å². The Kier molecular flexibility index (Phi) is 20.5. The molecule has 4 aliphatic heterocycles. The lowest BCUT2D eigenvalue weighted by molar-refractivity contribution is -0.144. The molecule has 0 bridgehead atoms. The number of hydrogen-bond donors (Lipinski definition) is 5. The van der Waals surface area contributed by atoms with E-state index in [0.29, 0.717) is 114 Å². The highest BCUT2D eigenvalue weighted by atomic mass is 32.1. The maximum Gasteiger partial charge on any atom is 0.417 e. The number of aromatic nitrogens is 4. The number of carbonyl (C=O) groups is 5. The molecule has 0 aliphatic carbocycles. The van der Waals surface area contributed by atoms with E-state index in [9.17, 15) is 47.0 Å². The van der Waals surface area contributed by atoms with Gasteiger partial charge in [-0.05, 0) is 81.3 Å². The van der Waals surface area contributed by atoms with Crippen LogP contribution in [-0.2, 0) is 38.4 Å². The fraction of sp³-hybridized carbons (Fsp3) is 0.508. The first-order chi connectivity index (χ1) is 41.8. The van der Waals surface area contributed by atoms with Crippen LogP contribution < -0.4 is 31.3 Å². The molecule has 7 heterocycles. The van der Waals surface area contributed by atoms with Crippen LogP contribution in [0.4, 0.5) is 34.9 Å². The maximum absolute atomic E-state index is 16.3. The molecule has 0 unspecified atom stereocenters. The molecule has 4 aliphatic rings. The zero-order valence-corrected chi connectivity index (χ0v) is 51.7. The van der Waals surface area contributed by atoms with Crippen molar-refractivity contribution in [1.29, 1.82) is 0 Å². The summed E-state index contributed by atoms with van der Waals surface area (Å²) in [4.78, 5) is 108. The third kappa shape index (κ3) is 15.8. The molecule has 20 nitrogen and oxygen atoms in total. The van der Waals surface area contributed by atoms with Gasteiger partial charge in [-0.2, -0.15) is 13.2 Å². The summed E-state index contributed by atoms with van der Waals surface area (Å²) in [5, 5.41) is 19.1. The molecular formula is C63H79F4N13O7S. The zero-order chi connectivity index (χ0) is 63.2. The molecule has 2 aromatic carbocycles. The average Bonchev–Trinajstić information content (AvgIpc) is 2.05. The second kappa shape index (κ2) is 27.8. The van der Waals surface area contributed by atoms with Gasteiger partial charge in [0.15, 0.2) is 0 Å². The van der Waals surface area contributed by atoms with Crippen molar-refractivity contribution in [3.8, 4) is 10.4 Å². The van der Waals surface area contributed by atoms with Gasteiger partial charge in [0.2, 0.25) is 35.1 Å². The van der Waals surface area contributed by atoms with Gasteiger partial charge in [0, 0.05) is 139 Å². The number of aromatic amines is 1. The van der Waals surface area contributed by atoms with Crippen molar-refractivity contribution >= 4 is 63.8 Å². The van der Waals surface area contributed by atoms with Gasteiger partial charge in [0.1, 0.15) is 17.9 Å². The molecule has 0 saturated carbocycles. The predicted molar refractivity (Wildman–Crippen MR) is 329 cm³/mol. The molecule has 0 radical (unpaired) electrons. The maximum atomic E-state index is 16.3. The number of β-amino-alcohol motifs (C(OH)–C–C–N with tert-alkyl or cyclic N) is 1. The summed E-state index contributed by atoms with van der Waals surface area (Å²) in [7, 11) is 1.98. The van der Waals surface area contributed by atoms with Crippen molar-refractivity contribution in [2.24, 2.45) is 5.41 Å². The number of benzene rings is 2. The number of hydrogen-bond acceptors (Lipinski definition) is 15. The average molecular weight is 1240 g/mol. The van der Waals surface area contributed by atoms with Crippen LogP contribution in [-0.4, -0.2) is 170 Å². The first kappa shape index (κ1) is 64.9. The minimum absolute atomic E-state index is 0.0234. The van der Waals surface area contributed by atoms with Crippen molar-refractivity contribution in [1.82, 2.24) is 50.2 Å². The Morgan fingerprint density at radius 3 is 2.19 bits per heavy atom. The van der Waals surface area contributed by atoms with Crippen molar-refractivity contribution in [3.05, 3.63) is 122 Å². The standard InChI is InChI=1S/C63H79F4N13O7S/c1-38-33-79(34-39(2)75(38)7)51-28-49(64)46(26-50(51)73-58(85)47-32-68-54(83)27-48(47)63(65,66)67)43-17-19-78(20-18-43)61-70-30-42(31-71-61)35-76-21-23-77(24-22-76)55(84)12-10-8-9-11-53(82)74-57(62(4,5)6)60(87)80-36-45(81)25-52(80)59(86)69-29-41-13-15-44(16-14-41)56-40(3)72-37-88-56/h13-17,26-28,30-32,37-39,45,52,57,81H,8-12,18-25,29,33-36H2,1-7H3,(H,68,83)(H,69,86)(H,73,85)(H,74,82)/t38-,39+,45-,52+,57-/m1/s1. The van der Waals surface area contributed by atoms with Crippen LogP contribution in [0, 0.1) is 18.2 Å². The summed E-state index contributed by atoms with van der Waals surface area (Å²) in [6.45, 7) is 16.5. The molecule has 25 heteroatoms. The van der Waals surface area contributed by atoms with Gasteiger partial charge < -0.3 is 45.6 Å². The number of carbonyl (C=O) groups excluding carboxylic acids is 5. The Hall–Kier alpha value is -7.61. The summed E-state index contributed by atoms with van der Waals surface area (Å²) >= 11 is 1.56. The van der Waals surface area contributed by atoms with Gasteiger partial charge in [0.05, 0.1) is 44.7 Å². The Labute approximate surface area is 513 Å². The van der Waals surface area contributed by atoms with Gasteiger partial charge in [-0.15, -0.1) is 11.3 Å². The van der Waals surface area contributed by atoms with Crippen molar-refractivity contribution in [2.45, 2.75) is 136 Å². The topological polar surface area (TPSA) is 233 Å². The van der Waals surface area contributed by atoms with Gasteiger partial charge in [-0.25, -0.2) is 19.3 Å². The normalized spacial score (nSPS) is 20.0. The van der Waals surface area contributed by atoms with Crippen LogP contribution in [0.3, 0.4) is 0 Å². The molecule has 3 saturated heterocycles. The number of piperazine rings is 2. The molecule has 5 amide bonds. The highest BCUT2D eigenvalue weighted by molar-refractivity contribution is 7.13. The van der Waals surface area contributed by atoms with Crippen LogP contribution >= 0.6 is 11.3 Å². The number of aryl methyl sites for hydroxylation is 1. The number of halogens is 4. The minimum Gasteiger partial charge on any atom is -0.391 e. The largest absolute Gasteiger partial charge is 0.417 e. The number of likely N-dealkylation sites (N-methyl/N-ethyl adjacent to an activating group) is 1. The van der Waals surface area contributed by atoms with E-state index in [-0.39, 0.29) is 67.0 Å². The van der Waals surface area contributed by atoms with Crippen molar-refractivity contribution < 1.29 is 46.6 Å². The second-order valence-electron chi connectivity index (χ2n) is 24.7. The van der Waals surface area contributed by atoms with Gasteiger partial charge >= 0.3 is 6.18 Å². The lowest BCUT2D eigenvalue weighted by Crippen LogP contribution is -2.57. The van der Waals surface area contributed by atoms with E-state index in [1.54, 1.807) is 29.2 Å². The molecule has 5 aromatic rings. The van der Waals surface area contributed by atoms with Crippen LogP contribution in [0.1, 0.15) is 118 Å². The molecule has 3 aromatic heterocycles. The zero-order valence-electron chi connectivity index (χ0n) is 50.9. The van der Waals surface area contributed by atoms with Gasteiger partial charge in [-0.3, -0.25) is 38.6 Å². The summed E-state index contributed by atoms with van der Waals surface area (Å²) in [5.41, 5.74) is 2.99. The first-order valence-electron chi connectivity index (χ1n) is 30.0. The number of likely N-dealkylation sites (tertiary alicyclic amines) is 1. The van der Waals surface area contributed by atoms with Gasteiger partial charge in [0.25, 0.3) is 5.91 Å². The summed E-state index contributed by atoms with van der Waals surface area (Å²) in [5.74, 6) is -2.24. The van der Waals surface area contributed by atoms with Crippen LogP contribution in [0.2, 0.25) is 0 Å². The summed E-state index contributed by atoms with van der Waals surface area (Å²) < 4.78 is 58.4. The van der Waals surface area contributed by atoms with E-state index in [0.717, 1.165) is 33.5 Å². The number of rotatable bonds is 19. The highest BCUT2D eigenvalue weighted by Gasteiger charge is 2.45. The van der Waals surface area contributed by atoms with E-state index in [1.807, 2.05) is 93.6 Å². The molecule has 88 heavy (non-hydrogen) atoms. The van der Waals surface area contributed by atoms with Crippen LogP contribution in [0.25, 0.3) is 16.0 Å². The molecule has 0 spiro atoms. The lowest BCUT2D eigenvalue weighted by Gasteiger charge is -2.44. The third-order valence-electron chi connectivity index (χ3n) is 17.2. The number of alkyl halides is 3. The quantitative estimate of drug-likeness (QED) is 0.0406. The van der Waals surface area contributed by atoms with E-state index in [2.05, 4.69) is 45.7 Å². The predicted octanol–water partition coefficient (Wildman–Crippen LogP) is 7.23. The number of H-pyrrole nitrogens is 1. The Bertz CT molecular complexity index is 3410. The number of nitrogens with zero attached hydrogens (tertiary/aromatic N) is 9. The number of anilines is 3. The minimum atomic E-state index is -4.98. The Morgan fingerprint density at radius 1 is 0.864 bits per heavy atom. The number of thiazole rings is 1. The Morgan fingerprint density at radius 2 is 1.56 bits per heavy atom. The monoisotopic (exact) mass is 1240 g/mol. The molecule has 472 valence electrons. The summed E-state index contributed by atoms with van der Waals surface area (Å²) in [6, 6.07) is 9.23. The number of aliphatic hydroxyl groups is 1. The third-order valence-corrected chi connectivity index (χ3v) is 18.2. The first-order valence-corrected chi connectivity index (χ1v) is 30.9. The van der Waals surface area contributed by atoms with Gasteiger partial charge in [-0.1, -0.05) is 57.5 Å². The van der Waals surface area contributed by atoms with E-state index >= 15 is 4.39 Å². The number of nitrogens with one attached hydrogen (secondary N) is 4. The SMILES string of the molecule is Cc1ncsc1-c1ccc(CNC(=O)[C@@H]2C[C@@H](O)CN2C(=O)[C@@H](NC(=O)CCCCCC(=O)N2CCN(Cc3cnc(N4CC=C(c5cc(NC(=O)c6c[nH]c(=O)cc6C(F)(F)F)c(N6C[C@@H](C)N(C)[C@@H](C)C6)cc5F)CC4)nc3)CC2)C(C)(C)C)cc1. The highest BCUT2D eigenvalue weighted by Crippen LogP contribution is 2.38. The molecule has 5 atom stereocenters. The van der Waals surface area contributed by atoms with Crippen molar-refractivity contribution in [3.63, 3.8) is 0 Å². The van der Waals surface area contributed by atoms with E-state index in [1.165, 1.54) is 17.0 Å². The smallest absolute Gasteiger partial charge is 0.391 e. The Balaban J connectivity index is 0.707. The molecular weight excluding hydrogens is 1160 g/mol. The number of pyridine rings is 1. The molecule has 5 N–H and O–H groups in total. The number of unbranched alkanes of at least 4 members (excludes halogenated alkanes) is 2. The number of aliphatic hydroxyl groups excluding tert-OH is 1. The fourth-order valence-electron chi connectivity index (χ4n) is 11.9. The lowest BCUT2D eigenvalue weighted by atomic mass is 9.85. The van der Waals surface area contributed by atoms with Crippen LogP contribution in [0.15, 0.2) is 77.4 Å². The molecule has 9 rings (SSSR count). The summed E-state index contributed by atoms with van der Waals surface area (Å²) in [6.07, 6.45) is 2.97.